The number of amides is 2. The number of hydrogen-bond donors (Lipinski definition) is 1. The Kier molecular flexibility index (Phi) is 6.09. The van der Waals surface area contributed by atoms with Gasteiger partial charge in [0.25, 0.3) is 11.8 Å². The van der Waals surface area contributed by atoms with E-state index in [0.29, 0.717) is 43.0 Å². The fourth-order valence-corrected chi connectivity index (χ4v) is 4.45. The smallest absolute Gasteiger partial charge is 0.280 e. The average Bonchev–Trinajstić information content (AvgIpc) is 3.11. The van der Waals surface area contributed by atoms with Gasteiger partial charge in [0.15, 0.2) is 5.01 Å². The van der Waals surface area contributed by atoms with Crippen molar-refractivity contribution in [3.63, 3.8) is 0 Å². The van der Waals surface area contributed by atoms with Gasteiger partial charge in [-0.15, -0.1) is 11.3 Å². The van der Waals surface area contributed by atoms with E-state index in [-0.39, 0.29) is 11.8 Å². The molecule has 1 N–H and O–H groups in total. The van der Waals surface area contributed by atoms with Crippen molar-refractivity contribution in [2.24, 2.45) is 0 Å². The van der Waals surface area contributed by atoms with E-state index >= 15 is 0 Å². The second-order valence-corrected chi connectivity index (χ2v) is 8.16. The summed E-state index contributed by atoms with van der Waals surface area (Å²) in [5, 5.41) is 3.42. The highest BCUT2D eigenvalue weighted by molar-refractivity contribution is 7.13. The van der Waals surface area contributed by atoms with Crippen LogP contribution >= 0.6 is 11.3 Å². The normalized spacial score (nSPS) is 13.3. The van der Waals surface area contributed by atoms with Crippen LogP contribution in [0.2, 0.25) is 0 Å². The molecule has 0 bridgehead atoms. The van der Waals surface area contributed by atoms with Gasteiger partial charge < -0.3 is 15.0 Å². The fourth-order valence-electron chi connectivity index (χ4n) is 3.43. The summed E-state index contributed by atoms with van der Waals surface area (Å²) in [6.07, 6.45) is 1.36. The van der Waals surface area contributed by atoms with Crippen LogP contribution in [0.4, 0.5) is 0 Å². The first kappa shape index (κ1) is 20.1. The van der Waals surface area contributed by atoms with Crippen molar-refractivity contribution in [3.8, 4) is 5.75 Å². The third kappa shape index (κ3) is 4.52. The van der Waals surface area contributed by atoms with E-state index < -0.39 is 0 Å². The lowest BCUT2D eigenvalue weighted by molar-refractivity contribution is 0.0762. The lowest BCUT2D eigenvalue weighted by atomic mass is 10.2. The molecule has 6 nitrogen and oxygen atoms in total. The number of carbonyl (C=O) groups excluding carboxylic acids is 2. The monoisotopic (exact) mass is 421 g/mol. The van der Waals surface area contributed by atoms with Crippen LogP contribution < -0.4 is 10.1 Å². The number of aromatic nitrogens is 1. The maximum absolute atomic E-state index is 12.8. The van der Waals surface area contributed by atoms with Gasteiger partial charge in [0.2, 0.25) is 0 Å². The minimum absolute atomic E-state index is 0.00799. The first-order chi connectivity index (χ1) is 14.6. The molecule has 2 amide bonds. The largest absolute Gasteiger partial charge is 0.497 e. The van der Waals surface area contributed by atoms with Crippen LogP contribution in [-0.2, 0) is 19.4 Å². The molecule has 1 aliphatic heterocycles. The van der Waals surface area contributed by atoms with Crippen molar-refractivity contribution < 1.29 is 14.3 Å². The van der Waals surface area contributed by atoms with Gasteiger partial charge in [0, 0.05) is 42.9 Å². The summed E-state index contributed by atoms with van der Waals surface area (Å²) >= 11 is 1.43. The number of methoxy groups -OCH3 is 1. The second-order valence-electron chi connectivity index (χ2n) is 7.08. The van der Waals surface area contributed by atoms with E-state index in [9.17, 15) is 9.59 Å². The Labute approximate surface area is 179 Å². The molecule has 3 aromatic rings. The minimum Gasteiger partial charge on any atom is -0.497 e. The van der Waals surface area contributed by atoms with E-state index in [0.717, 1.165) is 21.9 Å². The van der Waals surface area contributed by atoms with Crippen LogP contribution in [0.15, 0.2) is 54.6 Å². The van der Waals surface area contributed by atoms with Crippen LogP contribution in [0.5, 0.6) is 5.75 Å². The summed E-state index contributed by atoms with van der Waals surface area (Å²) < 4.78 is 5.15. The molecule has 0 saturated heterocycles. The molecule has 0 aliphatic carbocycles. The standard InChI is InChI=1S/C23H23N3O3S/c1-29-18-9-7-17(8-10-18)23(28)26-13-11-19-20(12-14-26)30-22(25-19)21(27)24-15-16-5-3-2-4-6-16/h2-10H,11-15H2,1H3,(H,24,27). The number of benzene rings is 2. The zero-order valence-electron chi connectivity index (χ0n) is 16.8. The summed E-state index contributed by atoms with van der Waals surface area (Å²) in [4.78, 5) is 32.8. The van der Waals surface area contributed by atoms with E-state index in [2.05, 4.69) is 10.3 Å². The number of nitrogens with one attached hydrogen (secondary N) is 1. The molecule has 0 atom stereocenters. The number of fused-ring (bicyclic) bond motifs is 1. The van der Waals surface area contributed by atoms with Crippen molar-refractivity contribution in [2.45, 2.75) is 19.4 Å². The Morgan fingerprint density at radius 2 is 1.80 bits per heavy atom. The zero-order chi connectivity index (χ0) is 20.9. The van der Waals surface area contributed by atoms with E-state index in [1.54, 1.807) is 31.4 Å². The highest BCUT2D eigenvalue weighted by Crippen LogP contribution is 2.24. The lowest BCUT2D eigenvalue weighted by Gasteiger charge is -2.20. The van der Waals surface area contributed by atoms with Crippen LogP contribution in [0.1, 0.15) is 36.3 Å². The van der Waals surface area contributed by atoms with Crippen molar-refractivity contribution in [1.29, 1.82) is 0 Å². The minimum atomic E-state index is -0.150. The summed E-state index contributed by atoms with van der Waals surface area (Å²) in [5.41, 5.74) is 2.63. The predicted octanol–water partition coefficient (Wildman–Crippen LogP) is 3.32. The molecule has 4 rings (SSSR count). The first-order valence-corrected chi connectivity index (χ1v) is 10.7. The lowest BCUT2D eigenvalue weighted by Crippen LogP contribution is -2.33. The van der Waals surface area contributed by atoms with Gasteiger partial charge >= 0.3 is 0 Å². The van der Waals surface area contributed by atoms with Gasteiger partial charge in [-0.25, -0.2) is 4.98 Å². The molecule has 0 unspecified atom stereocenters. The van der Waals surface area contributed by atoms with E-state index in [1.165, 1.54) is 11.3 Å². The highest BCUT2D eigenvalue weighted by atomic mass is 32.1. The van der Waals surface area contributed by atoms with Gasteiger partial charge in [-0.1, -0.05) is 30.3 Å². The van der Waals surface area contributed by atoms with Crippen LogP contribution in [0.25, 0.3) is 0 Å². The Bertz CT molecular complexity index is 1010. The maximum Gasteiger partial charge on any atom is 0.280 e. The van der Waals surface area contributed by atoms with Gasteiger partial charge in [-0.05, 0) is 29.8 Å². The second kappa shape index (κ2) is 9.09. The Morgan fingerprint density at radius 1 is 1.07 bits per heavy atom. The van der Waals surface area contributed by atoms with Crippen molar-refractivity contribution >= 4 is 23.2 Å². The summed E-state index contributed by atoms with van der Waals surface area (Å²) in [7, 11) is 1.60. The maximum atomic E-state index is 12.8. The van der Waals surface area contributed by atoms with Crippen LogP contribution in [0.3, 0.4) is 0 Å². The molecule has 154 valence electrons. The van der Waals surface area contributed by atoms with Gasteiger partial charge in [0.1, 0.15) is 5.75 Å². The number of carbonyl (C=O) groups is 2. The van der Waals surface area contributed by atoms with Gasteiger partial charge in [-0.3, -0.25) is 9.59 Å². The molecule has 2 heterocycles. The SMILES string of the molecule is COc1ccc(C(=O)N2CCc3nc(C(=O)NCc4ccccc4)sc3CC2)cc1. The summed E-state index contributed by atoms with van der Waals surface area (Å²) in [6, 6.07) is 17.0. The Morgan fingerprint density at radius 3 is 2.53 bits per heavy atom. The average molecular weight is 422 g/mol. The molecule has 30 heavy (non-hydrogen) atoms. The molecular formula is C23H23N3O3S. The summed E-state index contributed by atoms with van der Waals surface area (Å²) in [5.74, 6) is 0.587. The zero-order valence-corrected chi connectivity index (χ0v) is 17.6. The van der Waals surface area contributed by atoms with Crippen LogP contribution in [0, 0.1) is 0 Å². The van der Waals surface area contributed by atoms with E-state index in [1.807, 2.05) is 35.2 Å². The first-order valence-electron chi connectivity index (χ1n) is 9.88. The molecule has 1 aliphatic rings. The highest BCUT2D eigenvalue weighted by Gasteiger charge is 2.24. The molecule has 0 saturated carbocycles. The third-order valence-corrected chi connectivity index (χ3v) is 6.28. The third-order valence-electron chi connectivity index (χ3n) is 5.12. The molecule has 0 spiro atoms. The Balaban J connectivity index is 1.37. The van der Waals surface area contributed by atoms with Crippen LogP contribution in [-0.4, -0.2) is 41.9 Å². The molecular weight excluding hydrogens is 398 g/mol. The number of thiazole rings is 1. The quantitative estimate of drug-likeness (QED) is 0.686. The fraction of sp³-hybridized carbons (Fsp3) is 0.261. The van der Waals surface area contributed by atoms with Crippen molar-refractivity contribution in [2.75, 3.05) is 20.2 Å². The molecule has 0 radical (unpaired) electrons. The molecule has 2 aromatic carbocycles. The van der Waals surface area contributed by atoms with E-state index in [4.69, 9.17) is 4.74 Å². The summed E-state index contributed by atoms with van der Waals surface area (Å²) in [6.45, 7) is 1.69. The molecule has 0 fully saturated rings. The number of nitrogens with zero attached hydrogens (tertiary/aromatic N) is 2. The predicted molar refractivity (Wildman–Crippen MR) is 116 cm³/mol. The van der Waals surface area contributed by atoms with Crippen molar-refractivity contribution in [3.05, 3.63) is 81.3 Å². The van der Waals surface area contributed by atoms with Gasteiger partial charge in [0.05, 0.1) is 12.8 Å². The molecule has 1 aromatic heterocycles. The number of hydrogen-bond acceptors (Lipinski definition) is 5. The van der Waals surface area contributed by atoms with Crippen molar-refractivity contribution in [1.82, 2.24) is 15.2 Å². The Hall–Kier alpha value is -3.19. The molecule has 7 heteroatoms. The number of ether oxygens (including phenoxy) is 1. The number of rotatable bonds is 5. The topological polar surface area (TPSA) is 71.5 Å². The van der Waals surface area contributed by atoms with Gasteiger partial charge in [-0.2, -0.15) is 0 Å².